The quantitative estimate of drug-likeness (QED) is 0.173. The maximum Gasteiger partial charge on any atom is 0.0468 e. The molecule has 0 N–H and O–H groups in total. The van der Waals surface area contributed by atoms with Crippen molar-refractivity contribution in [2.75, 3.05) is 4.90 Å². The van der Waals surface area contributed by atoms with E-state index in [1.165, 1.54) is 110 Å². The highest BCUT2D eigenvalue weighted by atomic mass is 15.1. The van der Waals surface area contributed by atoms with Crippen LogP contribution >= 0.6 is 0 Å². The molecule has 2 spiro atoms. The maximum atomic E-state index is 2.62. The van der Waals surface area contributed by atoms with Gasteiger partial charge < -0.3 is 4.90 Å². The first-order valence-corrected chi connectivity index (χ1v) is 22.3. The van der Waals surface area contributed by atoms with Crippen LogP contribution in [0.25, 0.3) is 44.5 Å². The minimum absolute atomic E-state index is 0.0928. The van der Waals surface area contributed by atoms with Gasteiger partial charge in [0, 0.05) is 33.3 Å². The molecule has 0 aromatic heterocycles. The summed E-state index contributed by atoms with van der Waals surface area (Å²) in [6.45, 7) is 9.63. The van der Waals surface area contributed by atoms with Crippen LogP contribution in [0.15, 0.2) is 152 Å². The molecule has 7 aromatic rings. The molecule has 6 unspecified atom stereocenters. The lowest BCUT2D eigenvalue weighted by molar-refractivity contribution is -0.231. The summed E-state index contributed by atoms with van der Waals surface area (Å²) in [5, 5.41) is 0. The van der Waals surface area contributed by atoms with Gasteiger partial charge in [0.1, 0.15) is 0 Å². The Morgan fingerprint density at radius 3 is 1.63 bits per heavy atom. The van der Waals surface area contributed by atoms with Crippen molar-refractivity contribution in [3.8, 4) is 44.5 Å². The van der Waals surface area contributed by atoms with Gasteiger partial charge in [0.2, 0.25) is 0 Å². The molecule has 1 heteroatoms. The van der Waals surface area contributed by atoms with E-state index in [1.54, 1.807) is 11.1 Å². The van der Waals surface area contributed by atoms with Crippen LogP contribution in [0, 0.1) is 29.1 Å². The van der Waals surface area contributed by atoms with Gasteiger partial charge in [-0.1, -0.05) is 143 Å². The van der Waals surface area contributed by atoms with Gasteiger partial charge in [-0.05, 0) is 169 Å². The molecule has 59 heavy (non-hydrogen) atoms. The van der Waals surface area contributed by atoms with Gasteiger partial charge in [-0.2, -0.15) is 0 Å². The number of rotatable bonds is 4. The third-order valence-corrected chi connectivity index (χ3v) is 17.7. The van der Waals surface area contributed by atoms with Gasteiger partial charge >= 0.3 is 0 Å². The van der Waals surface area contributed by atoms with Crippen LogP contribution in [0.1, 0.15) is 86.8 Å². The standard InChI is InChI=1S/C58H49N/c1-55(2)46-18-10-8-15-41(46)43-24-21-38(31-50(43)55)59(39-22-25-44-42-16-9-11-19-47(42)56(3,4)51(44)32-39)37-23-26-48-45(30-37)54-40(35-13-6-5-7-14-35)17-12-20-49(54)58(48)52-28-34-27-36-29-53(58)57(36,52)33-34/h5-26,30-32,34,36,52-53H,27-29,33H2,1-4H3. The number of nitrogens with zero attached hydrogens (tertiary/aromatic N) is 1. The molecule has 7 aliphatic rings. The Kier molecular flexibility index (Phi) is 6.04. The Morgan fingerprint density at radius 2 is 0.966 bits per heavy atom. The van der Waals surface area contributed by atoms with Gasteiger partial charge in [0.15, 0.2) is 0 Å². The first kappa shape index (κ1) is 33.2. The van der Waals surface area contributed by atoms with Gasteiger partial charge in [0.25, 0.3) is 0 Å². The largest absolute Gasteiger partial charge is 0.310 e. The fraction of sp³-hybridized carbons (Fsp3) is 0.276. The summed E-state index contributed by atoms with van der Waals surface area (Å²) in [7, 11) is 0. The zero-order chi connectivity index (χ0) is 39.2. The summed E-state index contributed by atoms with van der Waals surface area (Å²) in [5.41, 5.74) is 24.2. The monoisotopic (exact) mass is 759 g/mol. The normalized spacial score (nSPS) is 27.8. The van der Waals surface area contributed by atoms with Crippen LogP contribution in [0.5, 0.6) is 0 Å². The summed E-state index contributed by atoms with van der Waals surface area (Å²) in [5.74, 6) is 3.43. The zero-order valence-electron chi connectivity index (χ0n) is 34.5. The van der Waals surface area contributed by atoms with E-state index >= 15 is 0 Å². The second-order valence-electron chi connectivity index (χ2n) is 20.5. The van der Waals surface area contributed by atoms with E-state index < -0.39 is 0 Å². The molecule has 7 aromatic carbocycles. The molecule has 7 aliphatic carbocycles. The Bertz CT molecular complexity index is 2890. The molecule has 4 fully saturated rings. The molecule has 14 rings (SSSR count). The number of fused-ring (bicyclic) bond motifs is 14. The molecule has 286 valence electrons. The van der Waals surface area contributed by atoms with Gasteiger partial charge in [-0.15, -0.1) is 0 Å². The van der Waals surface area contributed by atoms with E-state index in [-0.39, 0.29) is 16.2 Å². The highest BCUT2D eigenvalue weighted by molar-refractivity contribution is 5.97. The number of hydrogen-bond acceptors (Lipinski definition) is 1. The van der Waals surface area contributed by atoms with E-state index in [1.807, 2.05) is 0 Å². The van der Waals surface area contributed by atoms with Crippen molar-refractivity contribution in [3.63, 3.8) is 0 Å². The Labute approximate surface area is 348 Å². The second kappa shape index (κ2) is 10.7. The van der Waals surface area contributed by atoms with E-state index in [4.69, 9.17) is 0 Å². The molecule has 1 nitrogen and oxygen atoms in total. The molecule has 2 bridgehead atoms. The summed E-state index contributed by atoms with van der Waals surface area (Å²) in [4.78, 5) is 2.59. The third-order valence-electron chi connectivity index (χ3n) is 17.7. The SMILES string of the molecule is CC1(C)c2ccccc2-c2ccc(N(c3ccc4c(c3)-c3c(-c5ccccc5)cccc3C43C4CC5CC6CC3C64C5)c3ccc4c(c3)C(C)(C)c3ccccc3-4)cc21. The van der Waals surface area contributed by atoms with Gasteiger partial charge in [0.05, 0.1) is 0 Å². The summed E-state index contributed by atoms with van der Waals surface area (Å²) >= 11 is 0. The average molecular weight is 760 g/mol. The molecule has 0 aliphatic heterocycles. The average Bonchev–Trinajstić information content (AvgIpc) is 4.00. The third kappa shape index (κ3) is 3.74. The van der Waals surface area contributed by atoms with E-state index in [0.717, 1.165) is 23.7 Å². The van der Waals surface area contributed by atoms with E-state index in [2.05, 4.69) is 184 Å². The topological polar surface area (TPSA) is 3.24 Å². The van der Waals surface area contributed by atoms with E-state index in [0.29, 0.717) is 5.41 Å². The first-order valence-electron chi connectivity index (χ1n) is 22.3. The molecule has 4 saturated carbocycles. The highest BCUT2D eigenvalue weighted by Crippen LogP contribution is 2.90. The van der Waals surface area contributed by atoms with Gasteiger partial charge in [-0.3, -0.25) is 0 Å². The zero-order valence-corrected chi connectivity index (χ0v) is 34.5. The van der Waals surface area contributed by atoms with Crippen molar-refractivity contribution in [1.82, 2.24) is 0 Å². The minimum Gasteiger partial charge on any atom is -0.310 e. The number of benzene rings is 7. The Hall–Kier alpha value is -5.66. The molecule has 0 heterocycles. The number of anilines is 3. The predicted octanol–water partition coefficient (Wildman–Crippen LogP) is 14.8. The van der Waals surface area contributed by atoms with Gasteiger partial charge in [-0.25, -0.2) is 0 Å². The van der Waals surface area contributed by atoms with Crippen LogP contribution in [0.2, 0.25) is 0 Å². The smallest absolute Gasteiger partial charge is 0.0468 e. The fourth-order valence-corrected chi connectivity index (χ4v) is 15.5. The van der Waals surface area contributed by atoms with Crippen molar-refractivity contribution >= 4 is 17.1 Å². The molecular formula is C58H49N. The van der Waals surface area contributed by atoms with Crippen molar-refractivity contribution in [2.45, 2.75) is 69.6 Å². The van der Waals surface area contributed by atoms with Crippen molar-refractivity contribution < 1.29 is 0 Å². The maximum absolute atomic E-state index is 2.62. The molecule has 0 radical (unpaired) electrons. The Morgan fingerprint density at radius 1 is 0.424 bits per heavy atom. The fourth-order valence-electron chi connectivity index (χ4n) is 15.5. The van der Waals surface area contributed by atoms with E-state index in [9.17, 15) is 0 Å². The molecular weight excluding hydrogens is 711 g/mol. The van der Waals surface area contributed by atoms with Crippen molar-refractivity contribution in [1.29, 1.82) is 0 Å². The Balaban J connectivity index is 1.00. The van der Waals surface area contributed by atoms with Crippen LogP contribution in [0.4, 0.5) is 17.1 Å². The summed E-state index contributed by atoms with van der Waals surface area (Å²) < 4.78 is 0. The molecule has 6 atom stereocenters. The molecule has 0 saturated heterocycles. The molecule has 0 amide bonds. The minimum atomic E-state index is -0.0928. The predicted molar refractivity (Wildman–Crippen MR) is 243 cm³/mol. The first-order chi connectivity index (χ1) is 28.7. The summed E-state index contributed by atoms with van der Waals surface area (Å²) in [6, 6.07) is 59.0. The van der Waals surface area contributed by atoms with Crippen molar-refractivity contribution in [2.24, 2.45) is 29.1 Å². The van der Waals surface area contributed by atoms with Crippen LogP contribution in [0.3, 0.4) is 0 Å². The van der Waals surface area contributed by atoms with Crippen LogP contribution in [-0.2, 0) is 16.2 Å². The highest BCUT2D eigenvalue weighted by Gasteiger charge is 2.84. The number of hydrogen-bond donors (Lipinski definition) is 0. The lowest BCUT2D eigenvalue weighted by Gasteiger charge is -2.76. The summed E-state index contributed by atoms with van der Waals surface area (Å²) in [6.07, 6.45) is 5.80. The second-order valence-corrected chi connectivity index (χ2v) is 20.5. The van der Waals surface area contributed by atoms with Crippen molar-refractivity contribution in [3.05, 3.63) is 185 Å². The van der Waals surface area contributed by atoms with Crippen LogP contribution in [-0.4, -0.2) is 0 Å². The lowest BCUT2D eigenvalue weighted by atomic mass is 9.27. The lowest BCUT2D eigenvalue weighted by Crippen LogP contribution is -2.73. The van der Waals surface area contributed by atoms with Crippen LogP contribution < -0.4 is 4.90 Å².